The summed E-state index contributed by atoms with van der Waals surface area (Å²) in [4.78, 5) is 13.0. The van der Waals surface area contributed by atoms with Crippen LogP contribution in [0.25, 0.3) is 0 Å². The van der Waals surface area contributed by atoms with Gasteiger partial charge in [0, 0.05) is 16.0 Å². The van der Waals surface area contributed by atoms with Crippen molar-refractivity contribution in [1.82, 2.24) is 5.32 Å². The van der Waals surface area contributed by atoms with Crippen molar-refractivity contribution in [3.8, 4) is 0 Å². The standard InChI is InChI=1S/C14H20ClNOS/c1-9(2)10(3)16-14(17)11(4)18-13-7-5-12(15)6-8-13/h5-11H,1-4H3,(H,16,17)/t10-,11-/m0/s1. The van der Waals surface area contributed by atoms with E-state index in [0.717, 1.165) is 4.90 Å². The van der Waals surface area contributed by atoms with E-state index in [4.69, 9.17) is 11.6 Å². The SMILES string of the molecule is CC(C)[C@H](C)NC(=O)[C@H](C)Sc1ccc(Cl)cc1. The van der Waals surface area contributed by atoms with Gasteiger partial charge in [0.2, 0.25) is 5.91 Å². The average molecular weight is 286 g/mol. The van der Waals surface area contributed by atoms with Crippen molar-refractivity contribution in [2.24, 2.45) is 5.92 Å². The van der Waals surface area contributed by atoms with Gasteiger partial charge in [-0.25, -0.2) is 0 Å². The summed E-state index contributed by atoms with van der Waals surface area (Å²) in [7, 11) is 0. The lowest BCUT2D eigenvalue weighted by Gasteiger charge is -2.20. The van der Waals surface area contributed by atoms with Crippen molar-refractivity contribution in [2.45, 2.75) is 43.9 Å². The maximum absolute atomic E-state index is 12.0. The zero-order chi connectivity index (χ0) is 13.7. The molecule has 0 bridgehead atoms. The Morgan fingerprint density at radius 2 is 1.72 bits per heavy atom. The summed E-state index contributed by atoms with van der Waals surface area (Å²) in [6.07, 6.45) is 0. The number of thioether (sulfide) groups is 1. The van der Waals surface area contributed by atoms with Crippen molar-refractivity contribution >= 4 is 29.3 Å². The van der Waals surface area contributed by atoms with Crippen molar-refractivity contribution in [3.63, 3.8) is 0 Å². The molecular formula is C14H20ClNOS. The van der Waals surface area contributed by atoms with Crippen LogP contribution < -0.4 is 5.32 Å². The fourth-order valence-electron chi connectivity index (χ4n) is 1.28. The molecule has 0 saturated carbocycles. The summed E-state index contributed by atoms with van der Waals surface area (Å²) in [5, 5.41) is 3.63. The van der Waals surface area contributed by atoms with Crippen molar-refractivity contribution in [3.05, 3.63) is 29.3 Å². The van der Waals surface area contributed by atoms with Crippen molar-refractivity contribution < 1.29 is 4.79 Å². The van der Waals surface area contributed by atoms with E-state index in [1.54, 1.807) is 11.8 Å². The first-order valence-corrected chi connectivity index (χ1v) is 7.38. The number of hydrogen-bond donors (Lipinski definition) is 1. The van der Waals surface area contributed by atoms with E-state index in [-0.39, 0.29) is 17.2 Å². The molecule has 4 heteroatoms. The fraction of sp³-hybridized carbons (Fsp3) is 0.500. The molecule has 0 heterocycles. The molecule has 0 unspecified atom stereocenters. The molecule has 1 rings (SSSR count). The molecular weight excluding hydrogens is 266 g/mol. The van der Waals surface area contributed by atoms with E-state index >= 15 is 0 Å². The molecule has 2 nitrogen and oxygen atoms in total. The van der Waals surface area contributed by atoms with E-state index in [0.29, 0.717) is 10.9 Å². The van der Waals surface area contributed by atoms with E-state index in [1.165, 1.54) is 0 Å². The summed E-state index contributed by atoms with van der Waals surface area (Å²) in [5.41, 5.74) is 0. The molecule has 0 aromatic heterocycles. The number of carbonyl (C=O) groups excluding carboxylic acids is 1. The molecule has 1 aromatic carbocycles. The van der Waals surface area contributed by atoms with Gasteiger partial charge in [-0.3, -0.25) is 4.79 Å². The molecule has 1 amide bonds. The van der Waals surface area contributed by atoms with Crippen LogP contribution in [0.15, 0.2) is 29.2 Å². The second-order valence-electron chi connectivity index (χ2n) is 4.76. The molecule has 0 radical (unpaired) electrons. The highest BCUT2D eigenvalue weighted by Gasteiger charge is 2.17. The van der Waals surface area contributed by atoms with E-state index < -0.39 is 0 Å². The summed E-state index contributed by atoms with van der Waals surface area (Å²) >= 11 is 7.37. The first kappa shape index (κ1) is 15.4. The largest absolute Gasteiger partial charge is 0.352 e. The van der Waals surface area contributed by atoms with Crippen LogP contribution in [0.5, 0.6) is 0 Å². The molecule has 1 aromatic rings. The predicted molar refractivity (Wildman–Crippen MR) is 79.2 cm³/mol. The summed E-state index contributed by atoms with van der Waals surface area (Å²) < 4.78 is 0. The Morgan fingerprint density at radius 3 is 2.22 bits per heavy atom. The van der Waals surface area contributed by atoms with Gasteiger partial charge in [0.1, 0.15) is 0 Å². The Bertz CT molecular complexity index is 391. The smallest absolute Gasteiger partial charge is 0.233 e. The van der Waals surface area contributed by atoms with Gasteiger partial charge in [-0.2, -0.15) is 0 Å². The molecule has 1 N–H and O–H groups in total. The van der Waals surface area contributed by atoms with Gasteiger partial charge in [0.15, 0.2) is 0 Å². The lowest BCUT2D eigenvalue weighted by molar-refractivity contribution is -0.121. The Balaban J connectivity index is 2.52. The van der Waals surface area contributed by atoms with Gasteiger partial charge >= 0.3 is 0 Å². The Labute approximate surface area is 118 Å². The third-order valence-corrected chi connectivity index (χ3v) is 4.23. The topological polar surface area (TPSA) is 29.1 Å². The van der Waals surface area contributed by atoms with Gasteiger partial charge < -0.3 is 5.32 Å². The Hall–Kier alpha value is -0.670. The lowest BCUT2D eigenvalue weighted by Crippen LogP contribution is -2.40. The van der Waals surface area contributed by atoms with E-state index in [2.05, 4.69) is 19.2 Å². The van der Waals surface area contributed by atoms with Crippen LogP contribution in [0.3, 0.4) is 0 Å². The van der Waals surface area contributed by atoms with Gasteiger partial charge in [-0.1, -0.05) is 25.4 Å². The highest BCUT2D eigenvalue weighted by Crippen LogP contribution is 2.24. The monoisotopic (exact) mass is 285 g/mol. The second kappa shape index (κ2) is 7.05. The number of rotatable bonds is 5. The quantitative estimate of drug-likeness (QED) is 0.829. The molecule has 0 spiro atoms. The number of amides is 1. The van der Waals surface area contributed by atoms with Crippen LogP contribution >= 0.6 is 23.4 Å². The van der Waals surface area contributed by atoms with Crippen LogP contribution in [-0.4, -0.2) is 17.2 Å². The number of benzene rings is 1. The maximum atomic E-state index is 12.0. The lowest BCUT2D eigenvalue weighted by atomic mass is 10.1. The molecule has 0 saturated heterocycles. The van der Waals surface area contributed by atoms with Crippen molar-refractivity contribution in [2.75, 3.05) is 0 Å². The summed E-state index contributed by atoms with van der Waals surface area (Å²) in [6.45, 7) is 8.15. The molecule has 0 fully saturated rings. The number of carbonyl (C=O) groups is 1. The molecule has 18 heavy (non-hydrogen) atoms. The van der Waals surface area contributed by atoms with Crippen LogP contribution in [0.4, 0.5) is 0 Å². The minimum atomic E-state index is -0.104. The number of nitrogens with one attached hydrogen (secondary N) is 1. The summed E-state index contributed by atoms with van der Waals surface area (Å²) in [5.74, 6) is 0.526. The first-order chi connectivity index (χ1) is 8.40. The minimum absolute atomic E-state index is 0.0798. The van der Waals surface area contributed by atoms with Crippen LogP contribution in [0, 0.1) is 5.92 Å². The van der Waals surface area contributed by atoms with E-state index in [9.17, 15) is 4.79 Å². The molecule has 100 valence electrons. The molecule has 0 aliphatic carbocycles. The van der Waals surface area contributed by atoms with Crippen LogP contribution in [0.2, 0.25) is 5.02 Å². The normalized spacial score (nSPS) is 14.3. The minimum Gasteiger partial charge on any atom is -0.352 e. The van der Waals surface area contributed by atoms with Gasteiger partial charge in [-0.15, -0.1) is 11.8 Å². The zero-order valence-electron chi connectivity index (χ0n) is 11.2. The molecule has 2 atom stereocenters. The number of halogens is 1. The second-order valence-corrected chi connectivity index (χ2v) is 6.61. The Kier molecular flexibility index (Phi) is 6.03. The molecule has 0 aliphatic heterocycles. The first-order valence-electron chi connectivity index (χ1n) is 6.12. The number of hydrogen-bond acceptors (Lipinski definition) is 2. The fourth-order valence-corrected chi connectivity index (χ4v) is 2.28. The third-order valence-electron chi connectivity index (χ3n) is 2.87. The van der Waals surface area contributed by atoms with Crippen LogP contribution in [0.1, 0.15) is 27.7 Å². The predicted octanol–water partition coefficient (Wildman–Crippen LogP) is 3.98. The van der Waals surface area contributed by atoms with Gasteiger partial charge in [-0.05, 0) is 44.0 Å². The van der Waals surface area contributed by atoms with Gasteiger partial charge in [0.05, 0.1) is 5.25 Å². The van der Waals surface area contributed by atoms with E-state index in [1.807, 2.05) is 38.1 Å². The third kappa shape index (κ3) is 4.91. The summed E-state index contributed by atoms with van der Waals surface area (Å²) in [6, 6.07) is 7.74. The average Bonchev–Trinajstić information content (AvgIpc) is 2.31. The highest BCUT2D eigenvalue weighted by molar-refractivity contribution is 8.00. The highest BCUT2D eigenvalue weighted by atomic mass is 35.5. The molecule has 0 aliphatic rings. The Morgan fingerprint density at radius 1 is 1.17 bits per heavy atom. The van der Waals surface area contributed by atoms with Crippen LogP contribution in [-0.2, 0) is 4.79 Å². The zero-order valence-corrected chi connectivity index (χ0v) is 12.8. The van der Waals surface area contributed by atoms with Gasteiger partial charge in [0.25, 0.3) is 0 Å². The maximum Gasteiger partial charge on any atom is 0.233 e. The van der Waals surface area contributed by atoms with Crippen molar-refractivity contribution in [1.29, 1.82) is 0 Å².